The highest BCUT2D eigenvalue weighted by Crippen LogP contribution is 2.34. The summed E-state index contributed by atoms with van der Waals surface area (Å²) in [5, 5.41) is 0. The Kier molecular flexibility index (Phi) is 4.63. The summed E-state index contributed by atoms with van der Waals surface area (Å²) < 4.78 is 5.52. The molecule has 1 aliphatic heterocycles. The van der Waals surface area contributed by atoms with Gasteiger partial charge in [-0.3, -0.25) is 0 Å². The molecule has 0 radical (unpaired) electrons. The molecule has 1 aromatic rings. The van der Waals surface area contributed by atoms with E-state index in [4.69, 9.17) is 4.74 Å². The third kappa shape index (κ3) is 3.70. The Morgan fingerprint density at radius 1 is 1.41 bits per heavy atom. The second-order valence-electron chi connectivity index (χ2n) is 7.14. The van der Waals surface area contributed by atoms with Crippen molar-refractivity contribution in [3.63, 3.8) is 0 Å². The number of anilines is 1. The molecule has 2 heterocycles. The zero-order valence-corrected chi connectivity index (χ0v) is 14.5. The molecule has 1 aromatic heterocycles. The summed E-state index contributed by atoms with van der Waals surface area (Å²) in [6, 6.07) is 2.20. The van der Waals surface area contributed by atoms with Crippen LogP contribution in [0.1, 0.15) is 50.8 Å². The number of carbonyl (C=O) groups is 1. The van der Waals surface area contributed by atoms with Crippen molar-refractivity contribution in [1.82, 2.24) is 9.88 Å². The van der Waals surface area contributed by atoms with E-state index in [0.717, 1.165) is 36.3 Å². The van der Waals surface area contributed by atoms with Crippen molar-refractivity contribution < 1.29 is 9.53 Å². The lowest BCUT2D eigenvalue weighted by molar-refractivity contribution is 0.0224. The number of nitrogens with zero attached hydrogens (tertiary/aromatic N) is 3. The summed E-state index contributed by atoms with van der Waals surface area (Å²) in [4.78, 5) is 20.7. The van der Waals surface area contributed by atoms with Crippen LogP contribution in [-0.4, -0.2) is 42.2 Å². The molecule has 1 amide bonds. The number of likely N-dealkylation sites (tertiary alicyclic amines) is 1. The van der Waals surface area contributed by atoms with Crippen molar-refractivity contribution in [1.29, 1.82) is 0 Å². The molecule has 122 valence electrons. The van der Waals surface area contributed by atoms with E-state index in [1.807, 2.05) is 50.9 Å². The zero-order chi connectivity index (χ0) is 16.5. The molecule has 5 nitrogen and oxygen atoms in total. The van der Waals surface area contributed by atoms with Crippen LogP contribution in [0.15, 0.2) is 12.3 Å². The molecule has 1 saturated heterocycles. The first-order valence-electron chi connectivity index (χ1n) is 7.82. The van der Waals surface area contributed by atoms with Crippen LogP contribution >= 0.6 is 0 Å². The van der Waals surface area contributed by atoms with Crippen molar-refractivity contribution in [3.05, 3.63) is 23.4 Å². The lowest BCUT2D eigenvalue weighted by Crippen LogP contribution is -2.36. The highest BCUT2D eigenvalue weighted by molar-refractivity contribution is 5.69. The van der Waals surface area contributed by atoms with Gasteiger partial charge in [0.05, 0.1) is 6.04 Å². The molecule has 0 N–H and O–H groups in total. The SMILES string of the molecule is Cc1cc([C@H]2CCCN2C(=O)OC(C)(C)C)cnc1N(C)C. The molecular weight excluding hydrogens is 278 g/mol. The molecular formula is C17H27N3O2. The topological polar surface area (TPSA) is 45.7 Å². The standard InChI is InChI=1S/C17H27N3O2/c1-12-10-13(11-18-15(12)19(5)6)14-8-7-9-20(14)16(21)22-17(2,3)4/h10-11,14H,7-9H2,1-6H3/t14-/m1/s1. The number of ether oxygens (including phenoxy) is 1. The largest absolute Gasteiger partial charge is 0.444 e. The maximum atomic E-state index is 12.4. The van der Waals surface area contributed by atoms with Gasteiger partial charge in [0.25, 0.3) is 0 Å². The quantitative estimate of drug-likeness (QED) is 0.838. The second kappa shape index (κ2) is 6.15. The number of hydrogen-bond acceptors (Lipinski definition) is 4. The van der Waals surface area contributed by atoms with E-state index in [2.05, 4.69) is 18.0 Å². The molecule has 0 aromatic carbocycles. The Morgan fingerprint density at radius 2 is 2.09 bits per heavy atom. The van der Waals surface area contributed by atoms with Crippen LogP contribution in [0.4, 0.5) is 10.6 Å². The number of amides is 1. The highest BCUT2D eigenvalue weighted by atomic mass is 16.6. The van der Waals surface area contributed by atoms with Gasteiger partial charge in [-0.1, -0.05) is 0 Å². The molecule has 22 heavy (non-hydrogen) atoms. The van der Waals surface area contributed by atoms with Gasteiger partial charge in [-0.2, -0.15) is 0 Å². The van der Waals surface area contributed by atoms with Gasteiger partial charge in [0.2, 0.25) is 0 Å². The van der Waals surface area contributed by atoms with E-state index in [1.54, 1.807) is 0 Å². The van der Waals surface area contributed by atoms with E-state index < -0.39 is 5.60 Å². The summed E-state index contributed by atoms with van der Waals surface area (Å²) in [5.41, 5.74) is 1.75. The fourth-order valence-electron chi connectivity index (χ4n) is 2.89. The first-order chi connectivity index (χ1) is 10.2. The number of aromatic nitrogens is 1. The van der Waals surface area contributed by atoms with Crippen molar-refractivity contribution in [3.8, 4) is 0 Å². The Bertz CT molecular complexity index is 549. The first-order valence-corrected chi connectivity index (χ1v) is 7.82. The molecule has 0 saturated carbocycles. The Labute approximate surface area is 133 Å². The van der Waals surface area contributed by atoms with Crippen LogP contribution in [0.3, 0.4) is 0 Å². The van der Waals surface area contributed by atoms with E-state index in [0.29, 0.717) is 0 Å². The fraction of sp³-hybridized carbons (Fsp3) is 0.647. The Hall–Kier alpha value is -1.78. The van der Waals surface area contributed by atoms with Gasteiger partial charge in [-0.05, 0) is 57.7 Å². The molecule has 0 aliphatic carbocycles. The minimum atomic E-state index is -0.465. The molecule has 5 heteroatoms. The number of aryl methyl sites for hydroxylation is 1. The van der Waals surface area contributed by atoms with E-state index in [1.165, 1.54) is 0 Å². The maximum absolute atomic E-state index is 12.4. The van der Waals surface area contributed by atoms with Crippen LogP contribution in [0.25, 0.3) is 0 Å². The van der Waals surface area contributed by atoms with Crippen molar-refractivity contribution in [2.75, 3.05) is 25.5 Å². The molecule has 0 unspecified atom stereocenters. The Morgan fingerprint density at radius 3 is 2.64 bits per heavy atom. The van der Waals surface area contributed by atoms with Gasteiger partial charge < -0.3 is 14.5 Å². The average molecular weight is 305 g/mol. The van der Waals surface area contributed by atoms with Crippen LogP contribution < -0.4 is 4.90 Å². The molecule has 0 spiro atoms. The summed E-state index contributed by atoms with van der Waals surface area (Å²) in [7, 11) is 3.97. The first kappa shape index (κ1) is 16.6. The van der Waals surface area contributed by atoms with Gasteiger partial charge in [0.15, 0.2) is 0 Å². The van der Waals surface area contributed by atoms with Crippen LogP contribution in [0.2, 0.25) is 0 Å². The lowest BCUT2D eigenvalue weighted by Gasteiger charge is -2.29. The smallest absolute Gasteiger partial charge is 0.410 e. The zero-order valence-electron chi connectivity index (χ0n) is 14.5. The third-order valence-electron chi connectivity index (χ3n) is 3.76. The minimum Gasteiger partial charge on any atom is -0.444 e. The normalized spacial score (nSPS) is 18.5. The van der Waals surface area contributed by atoms with Gasteiger partial charge >= 0.3 is 6.09 Å². The summed E-state index contributed by atoms with van der Waals surface area (Å²) in [6.45, 7) is 8.49. The summed E-state index contributed by atoms with van der Waals surface area (Å²) in [6.07, 6.45) is 3.61. The molecule has 2 rings (SSSR count). The maximum Gasteiger partial charge on any atom is 0.410 e. The fourth-order valence-corrected chi connectivity index (χ4v) is 2.89. The molecule has 1 aliphatic rings. The van der Waals surface area contributed by atoms with Crippen molar-refractivity contribution in [2.24, 2.45) is 0 Å². The van der Waals surface area contributed by atoms with Gasteiger partial charge in [-0.15, -0.1) is 0 Å². The number of pyridine rings is 1. The summed E-state index contributed by atoms with van der Waals surface area (Å²) >= 11 is 0. The van der Waals surface area contributed by atoms with Crippen LogP contribution in [0, 0.1) is 6.92 Å². The number of rotatable bonds is 2. The average Bonchev–Trinajstić information content (AvgIpc) is 2.85. The van der Waals surface area contributed by atoms with E-state index >= 15 is 0 Å². The third-order valence-corrected chi connectivity index (χ3v) is 3.76. The second-order valence-corrected chi connectivity index (χ2v) is 7.14. The molecule has 0 bridgehead atoms. The van der Waals surface area contributed by atoms with Crippen LogP contribution in [-0.2, 0) is 4.74 Å². The van der Waals surface area contributed by atoms with Crippen molar-refractivity contribution in [2.45, 2.75) is 52.2 Å². The Balaban J connectivity index is 2.20. The van der Waals surface area contributed by atoms with Gasteiger partial charge in [0.1, 0.15) is 11.4 Å². The van der Waals surface area contributed by atoms with E-state index in [-0.39, 0.29) is 12.1 Å². The van der Waals surface area contributed by atoms with Crippen LogP contribution in [0.5, 0.6) is 0 Å². The molecule has 1 fully saturated rings. The predicted octanol–water partition coefficient (Wildman–Crippen LogP) is 3.53. The monoisotopic (exact) mass is 305 g/mol. The van der Waals surface area contributed by atoms with Gasteiger partial charge in [-0.25, -0.2) is 9.78 Å². The highest BCUT2D eigenvalue weighted by Gasteiger charge is 2.33. The van der Waals surface area contributed by atoms with E-state index in [9.17, 15) is 4.79 Å². The van der Waals surface area contributed by atoms with Crippen molar-refractivity contribution >= 4 is 11.9 Å². The molecule has 1 atom stereocenters. The summed E-state index contributed by atoms with van der Waals surface area (Å²) in [5.74, 6) is 0.963. The lowest BCUT2D eigenvalue weighted by atomic mass is 10.0. The van der Waals surface area contributed by atoms with Gasteiger partial charge in [0, 0.05) is 26.8 Å². The predicted molar refractivity (Wildman–Crippen MR) is 88.2 cm³/mol. The number of hydrogen-bond donors (Lipinski definition) is 0. The number of carbonyl (C=O) groups excluding carboxylic acids is 1. The minimum absolute atomic E-state index is 0.0669.